The zero-order valence-corrected chi connectivity index (χ0v) is 14.9. The first-order chi connectivity index (χ1) is 10.2. The van der Waals surface area contributed by atoms with Crippen molar-refractivity contribution in [2.45, 2.75) is 20.4 Å². The smallest absolute Gasteiger partial charge is 0.232 e. The quantitative estimate of drug-likeness (QED) is 0.803. The number of sulfonamides is 1. The molecule has 2 rings (SSSR count). The average molecular weight is 358 g/mol. The Balaban J connectivity index is 2.47. The normalized spacial score (nSPS) is 11.5. The third-order valence-electron chi connectivity index (χ3n) is 3.22. The average Bonchev–Trinajstić information content (AvgIpc) is 2.34. The number of hydrogen-bond donors (Lipinski definition) is 0. The fourth-order valence-corrected chi connectivity index (χ4v) is 3.63. The molecular weight excluding hydrogens is 341 g/mol. The molecule has 6 heteroatoms. The molecule has 0 N–H and O–H groups in total. The molecule has 0 saturated carbocycles. The first-order valence-corrected chi connectivity index (χ1v) is 9.27. The molecular formula is C16H17Cl2NO2S. The van der Waals surface area contributed by atoms with Gasteiger partial charge in [0, 0.05) is 10.0 Å². The Morgan fingerprint density at radius 3 is 2.09 bits per heavy atom. The van der Waals surface area contributed by atoms with Crippen molar-refractivity contribution in [2.24, 2.45) is 0 Å². The molecule has 0 aromatic heterocycles. The van der Waals surface area contributed by atoms with E-state index in [9.17, 15) is 8.42 Å². The van der Waals surface area contributed by atoms with Gasteiger partial charge in [-0.3, -0.25) is 4.31 Å². The monoisotopic (exact) mass is 357 g/mol. The lowest BCUT2D eigenvalue weighted by Crippen LogP contribution is -2.29. The van der Waals surface area contributed by atoms with E-state index in [-0.39, 0.29) is 6.54 Å². The SMILES string of the molecule is Cc1cc(C)cc(N(Cc2ccc(Cl)cc2Cl)S(C)(=O)=O)c1. The maximum atomic E-state index is 12.2. The molecule has 0 fully saturated rings. The standard InChI is InChI=1S/C16H17Cl2NO2S/c1-11-6-12(2)8-15(7-11)19(22(3,20)21)10-13-4-5-14(17)9-16(13)18/h4-9H,10H2,1-3H3. The van der Waals surface area contributed by atoms with Gasteiger partial charge >= 0.3 is 0 Å². The van der Waals surface area contributed by atoms with E-state index in [2.05, 4.69) is 0 Å². The van der Waals surface area contributed by atoms with E-state index in [0.29, 0.717) is 21.3 Å². The van der Waals surface area contributed by atoms with Crippen molar-refractivity contribution in [2.75, 3.05) is 10.6 Å². The van der Waals surface area contributed by atoms with Gasteiger partial charge in [-0.15, -0.1) is 0 Å². The topological polar surface area (TPSA) is 37.4 Å². The van der Waals surface area contributed by atoms with Crippen LogP contribution < -0.4 is 4.31 Å². The molecule has 0 spiro atoms. The lowest BCUT2D eigenvalue weighted by molar-refractivity contribution is 0.596. The van der Waals surface area contributed by atoms with E-state index in [1.807, 2.05) is 32.0 Å². The molecule has 0 saturated heterocycles. The van der Waals surface area contributed by atoms with Crippen LogP contribution in [0.3, 0.4) is 0 Å². The van der Waals surface area contributed by atoms with Crippen LogP contribution in [0.2, 0.25) is 10.0 Å². The highest BCUT2D eigenvalue weighted by Crippen LogP contribution is 2.27. The highest BCUT2D eigenvalue weighted by molar-refractivity contribution is 7.92. The van der Waals surface area contributed by atoms with Crippen molar-refractivity contribution in [3.8, 4) is 0 Å². The van der Waals surface area contributed by atoms with E-state index >= 15 is 0 Å². The zero-order valence-electron chi connectivity index (χ0n) is 12.6. The summed E-state index contributed by atoms with van der Waals surface area (Å²) < 4.78 is 25.7. The number of benzene rings is 2. The van der Waals surface area contributed by atoms with Crippen molar-refractivity contribution in [1.82, 2.24) is 0 Å². The van der Waals surface area contributed by atoms with Crippen molar-refractivity contribution < 1.29 is 8.42 Å². The molecule has 0 heterocycles. The minimum Gasteiger partial charge on any atom is -0.266 e. The first kappa shape index (κ1) is 17.1. The van der Waals surface area contributed by atoms with Crippen LogP contribution in [-0.2, 0) is 16.6 Å². The van der Waals surface area contributed by atoms with Gasteiger partial charge in [-0.05, 0) is 54.8 Å². The van der Waals surface area contributed by atoms with Gasteiger partial charge in [-0.25, -0.2) is 8.42 Å². The molecule has 0 aliphatic heterocycles. The number of anilines is 1. The predicted octanol–water partition coefficient (Wildman–Crippen LogP) is 4.58. The van der Waals surface area contributed by atoms with Gasteiger partial charge in [0.2, 0.25) is 10.0 Å². The molecule has 118 valence electrons. The number of halogens is 2. The number of rotatable bonds is 4. The van der Waals surface area contributed by atoms with E-state index in [1.165, 1.54) is 10.6 Å². The number of nitrogens with zero attached hydrogens (tertiary/aromatic N) is 1. The van der Waals surface area contributed by atoms with Crippen LogP contribution in [0.1, 0.15) is 16.7 Å². The van der Waals surface area contributed by atoms with Gasteiger partial charge in [0.05, 0.1) is 18.5 Å². The van der Waals surface area contributed by atoms with Crippen molar-refractivity contribution in [3.63, 3.8) is 0 Å². The fourth-order valence-electron chi connectivity index (χ4n) is 2.30. The summed E-state index contributed by atoms with van der Waals surface area (Å²) in [5, 5.41) is 0.969. The minimum absolute atomic E-state index is 0.164. The van der Waals surface area contributed by atoms with E-state index < -0.39 is 10.0 Å². The van der Waals surface area contributed by atoms with E-state index in [0.717, 1.165) is 11.1 Å². The highest BCUT2D eigenvalue weighted by atomic mass is 35.5. The molecule has 3 nitrogen and oxygen atoms in total. The Morgan fingerprint density at radius 2 is 1.59 bits per heavy atom. The van der Waals surface area contributed by atoms with Crippen molar-refractivity contribution >= 4 is 38.9 Å². The lowest BCUT2D eigenvalue weighted by atomic mass is 10.1. The minimum atomic E-state index is -3.43. The maximum Gasteiger partial charge on any atom is 0.232 e. The van der Waals surface area contributed by atoms with E-state index in [1.54, 1.807) is 18.2 Å². The van der Waals surface area contributed by atoms with Gasteiger partial charge in [0.25, 0.3) is 0 Å². The number of aryl methyl sites for hydroxylation is 2. The molecule has 2 aromatic rings. The maximum absolute atomic E-state index is 12.2. The van der Waals surface area contributed by atoms with Gasteiger partial charge in [0.15, 0.2) is 0 Å². The Kier molecular flexibility index (Phi) is 5.05. The summed E-state index contributed by atoms with van der Waals surface area (Å²) in [5.74, 6) is 0. The zero-order chi connectivity index (χ0) is 16.5. The molecule has 0 aliphatic carbocycles. The summed E-state index contributed by atoms with van der Waals surface area (Å²) in [4.78, 5) is 0. The summed E-state index contributed by atoms with van der Waals surface area (Å²) in [6.07, 6.45) is 1.19. The third-order valence-corrected chi connectivity index (χ3v) is 4.95. The summed E-state index contributed by atoms with van der Waals surface area (Å²) >= 11 is 12.1. The van der Waals surface area contributed by atoms with Crippen LogP contribution in [0.25, 0.3) is 0 Å². The third kappa shape index (κ3) is 4.15. The Labute approximate surface area is 141 Å². The molecule has 2 aromatic carbocycles. The summed E-state index contributed by atoms with van der Waals surface area (Å²) in [6.45, 7) is 4.04. The Morgan fingerprint density at radius 1 is 1.00 bits per heavy atom. The van der Waals surface area contributed by atoms with Crippen molar-refractivity contribution in [3.05, 3.63) is 63.1 Å². The Bertz CT molecular complexity index is 784. The molecule has 0 unspecified atom stereocenters. The lowest BCUT2D eigenvalue weighted by Gasteiger charge is -2.24. The first-order valence-electron chi connectivity index (χ1n) is 6.67. The largest absolute Gasteiger partial charge is 0.266 e. The van der Waals surface area contributed by atoms with Gasteiger partial charge in [-0.2, -0.15) is 0 Å². The van der Waals surface area contributed by atoms with E-state index in [4.69, 9.17) is 23.2 Å². The van der Waals surface area contributed by atoms with Gasteiger partial charge in [0.1, 0.15) is 0 Å². The summed E-state index contributed by atoms with van der Waals surface area (Å²) in [7, 11) is -3.43. The molecule has 0 radical (unpaired) electrons. The fraction of sp³-hybridized carbons (Fsp3) is 0.250. The number of hydrogen-bond acceptors (Lipinski definition) is 2. The summed E-state index contributed by atoms with van der Waals surface area (Å²) in [5.41, 5.74) is 3.35. The van der Waals surface area contributed by atoms with Crippen molar-refractivity contribution in [1.29, 1.82) is 0 Å². The van der Waals surface area contributed by atoms with Crippen LogP contribution in [-0.4, -0.2) is 14.7 Å². The molecule has 0 amide bonds. The van der Waals surface area contributed by atoms with Crippen LogP contribution in [0.5, 0.6) is 0 Å². The Hall–Kier alpha value is -1.23. The summed E-state index contributed by atoms with van der Waals surface area (Å²) in [6, 6.07) is 10.7. The van der Waals surface area contributed by atoms with Crippen LogP contribution in [0.4, 0.5) is 5.69 Å². The van der Waals surface area contributed by atoms with Gasteiger partial charge < -0.3 is 0 Å². The van der Waals surface area contributed by atoms with Crippen LogP contribution >= 0.6 is 23.2 Å². The highest BCUT2D eigenvalue weighted by Gasteiger charge is 2.19. The molecule has 0 bridgehead atoms. The van der Waals surface area contributed by atoms with Crippen LogP contribution in [0.15, 0.2) is 36.4 Å². The van der Waals surface area contributed by atoms with Gasteiger partial charge in [-0.1, -0.05) is 35.3 Å². The second-order valence-corrected chi connectivity index (χ2v) is 8.10. The predicted molar refractivity (Wildman–Crippen MR) is 93.4 cm³/mol. The molecule has 0 atom stereocenters. The molecule has 0 aliphatic rings. The second-order valence-electron chi connectivity index (χ2n) is 5.35. The second kappa shape index (κ2) is 6.49. The van der Waals surface area contributed by atoms with Crippen LogP contribution in [0, 0.1) is 13.8 Å². The molecule has 22 heavy (non-hydrogen) atoms.